The molecule has 0 N–H and O–H groups in total. The van der Waals surface area contributed by atoms with Crippen LogP contribution in [0.2, 0.25) is 19.6 Å². The summed E-state index contributed by atoms with van der Waals surface area (Å²) in [6.45, 7) is 7.79. The van der Waals surface area contributed by atoms with Gasteiger partial charge in [0.1, 0.15) is 0 Å². The molecule has 0 atom stereocenters. The summed E-state index contributed by atoms with van der Waals surface area (Å²) in [6, 6.07) is 0. The molecule has 1 aliphatic rings. The third-order valence-electron chi connectivity index (χ3n) is 1.92. The molecule has 0 radical (unpaired) electrons. The molecule has 0 saturated carbocycles. The third kappa shape index (κ3) is 1.41. The molecule has 1 aliphatic heterocycles. The highest BCUT2D eigenvalue weighted by molar-refractivity contribution is 8.01. The largest absolute Gasteiger partial charge is 0.220 e. The van der Waals surface area contributed by atoms with Crippen LogP contribution in [0.15, 0.2) is 21.6 Å². The number of rotatable bonds is 1. The van der Waals surface area contributed by atoms with Gasteiger partial charge >= 0.3 is 0 Å². The van der Waals surface area contributed by atoms with Gasteiger partial charge in [0.15, 0.2) is 9.84 Å². The first-order valence-electron chi connectivity index (χ1n) is 3.90. The molecule has 0 bridgehead atoms. The van der Waals surface area contributed by atoms with Crippen LogP contribution in [-0.4, -0.2) is 16.5 Å². The van der Waals surface area contributed by atoms with Gasteiger partial charge in [-0.25, -0.2) is 8.42 Å². The van der Waals surface area contributed by atoms with E-state index in [9.17, 15) is 8.42 Å². The van der Waals surface area contributed by atoms with Crippen LogP contribution in [0.5, 0.6) is 0 Å². The highest BCUT2D eigenvalue weighted by atomic mass is 32.2. The van der Waals surface area contributed by atoms with Gasteiger partial charge in [0.2, 0.25) is 0 Å². The summed E-state index contributed by atoms with van der Waals surface area (Å²) in [5.41, 5.74) is 0. The van der Waals surface area contributed by atoms with Crippen molar-refractivity contribution < 1.29 is 8.42 Å². The summed E-state index contributed by atoms with van der Waals surface area (Å²) >= 11 is 0. The minimum atomic E-state index is -3.04. The molecule has 0 spiro atoms. The second-order valence-electron chi connectivity index (χ2n) is 4.06. The van der Waals surface area contributed by atoms with Crippen molar-refractivity contribution in [1.82, 2.24) is 0 Å². The van der Waals surface area contributed by atoms with Crippen molar-refractivity contribution in [3.63, 3.8) is 0 Å². The smallest absolute Gasteiger partial charge is 0.194 e. The Hall–Kier alpha value is -0.353. The molecule has 0 aromatic rings. The summed E-state index contributed by atoms with van der Waals surface area (Å²) in [7, 11) is -4.72. The van der Waals surface area contributed by atoms with E-state index in [-0.39, 0.29) is 0 Å². The average Bonchev–Trinajstić information content (AvgIpc) is 2.06. The predicted molar refractivity (Wildman–Crippen MR) is 54.1 cm³/mol. The van der Waals surface area contributed by atoms with Crippen LogP contribution >= 0.6 is 0 Å². The maximum absolute atomic E-state index is 11.6. The fraction of sp³-hybridized carbons (Fsp3) is 0.500. The lowest BCUT2D eigenvalue weighted by Crippen LogP contribution is -2.28. The molecule has 0 saturated heterocycles. The van der Waals surface area contributed by atoms with Crippen LogP contribution < -0.4 is 0 Å². The van der Waals surface area contributed by atoms with Gasteiger partial charge in [-0.05, 0) is 13.0 Å². The topological polar surface area (TPSA) is 34.1 Å². The molecule has 12 heavy (non-hydrogen) atoms. The molecular formula is C8H14O2SSi. The summed E-state index contributed by atoms with van der Waals surface area (Å²) in [5, 5.41) is 0. The van der Waals surface area contributed by atoms with Crippen LogP contribution in [0.25, 0.3) is 0 Å². The molecule has 0 fully saturated rings. The van der Waals surface area contributed by atoms with Crippen LogP contribution in [0.4, 0.5) is 0 Å². The maximum Gasteiger partial charge on any atom is 0.194 e. The molecule has 2 nitrogen and oxygen atoms in total. The second-order valence-corrected chi connectivity index (χ2v) is 11.6. The van der Waals surface area contributed by atoms with Gasteiger partial charge in [-0.15, -0.1) is 0 Å². The third-order valence-corrected chi connectivity index (χ3v) is 7.91. The average molecular weight is 202 g/mol. The van der Waals surface area contributed by atoms with Crippen molar-refractivity contribution in [1.29, 1.82) is 0 Å². The first-order valence-corrected chi connectivity index (χ1v) is 8.89. The van der Waals surface area contributed by atoms with Crippen molar-refractivity contribution in [3.05, 3.63) is 21.6 Å². The van der Waals surface area contributed by atoms with Crippen LogP contribution in [0.1, 0.15) is 6.92 Å². The summed E-state index contributed by atoms with van der Waals surface area (Å²) < 4.78 is 23.9. The summed E-state index contributed by atoms with van der Waals surface area (Å²) in [6.07, 6.45) is 3.46. The Morgan fingerprint density at radius 3 is 1.83 bits per heavy atom. The van der Waals surface area contributed by atoms with Crippen molar-refractivity contribution in [2.45, 2.75) is 26.6 Å². The fourth-order valence-corrected chi connectivity index (χ4v) is 6.33. The van der Waals surface area contributed by atoms with Gasteiger partial charge in [0.25, 0.3) is 0 Å². The van der Waals surface area contributed by atoms with Crippen molar-refractivity contribution in [2.75, 3.05) is 0 Å². The number of allylic oxidation sites excluding steroid dienone is 3. The highest BCUT2D eigenvalue weighted by Gasteiger charge is 2.34. The van der Waals surface area contributed by atoms with E-state index in [1.54, 1.807) is 19.1 Å². The van der Waals surface area contributed by atoms with Gasteiger partial charge in [0, 0.05) is 9.43 Å². The van der Waals surface area contributed by atoms with E-state index in [2.05, 4.69) is 0 Å². The molecule has 1 rings (SSSR count). The lowest BCUT2D eigenvalue weighted by molar-refractivity contribution is 0.609. The minimum absolute atomic E-state index is 0.486. The summed E-state index contributed by atoms with van der Waals surface area (Å²) in [5.74, 6) is 0. The highest BCUT2D eigenvalue weighted by Crippen LogP contribution is 2.30. The zero-order valence-electron chi connectivity index (χ0n) is 7.88. The molecule has 0 aromatic heterocycles. The van der Waals surface area contributed by atoms with E-state index in [4.69, 9.17) is 0 Å². The van der Waals surface area contributed by atoms with Crippen molar-refractivity contribution >= 4 is 17.9 Å². The lowest BCUT2D eigenvalue weighted by atomic mass is 10.5. The normalized spacial score (nSPS) is 22.0. The Balaban J connectivity index is 3.21. The van der Waals surface area contributed by atoms with E-state index in [0.29, 0.717) is 9.43 Å². The molecule has 0 aromatic carbocycles. The first kappa shape index (κ1) is 9.73. The van der Waals surface area contributed by atoms with Crippen LogP contribution in [0, 0.1) is 0 Å². The van der Waals surface area contributed by atoms with E-state index >= 15 is 0 Å². The van der Waals surface area contributed by atoms with Crippen molar-refractivity contribution in [3.8, 4) is 0 Å². The number of sulfone groups is 1. The van der Waals surface area contributed by atoms with Crippen molar-refractivity contribution in [2.24, 2.45) is 0 Å². The number of hydrogen-bond acceptors (Lipinski definition) is 2. The molecule has 0 amide bonds. The SMILES string of the molecule is CC1=CC=C([Si](C)(C)C)S1(=O)=O. The Kier molecular flexibility index (Phi) is 2.08. The Morgan fingerprint density at radius 1 is 1.17 bits per heavy atom. The predicted octanol–water partition coefficient (Wildman–Crippen LogP) is 2.08. The quantitative estimate of drug-likeness (QED) is 0.610. The molecule has 0 unspecified atom stereocenters. The zero-order chi connectivity index (χ0) is 9.57. The Labute approximate surface area is 74.9 Å². The lowest BCUT2D eigenvalue weighted by Gasteiger charge is -2.17. The van der Waals surface area contributed by atoms with Gasteiger partial charge in [-0.1, -0.05) is 25.7 Å². The monoisotopic (exact) mass is 202 g/mol. The molecule has 1 heterocycles. The van der Waals surface area contributed by atoms with E-state index in [1.807, 2.05) is 19.6 Å². The molecule has 68 valence electrons. The van der Waals surface area contributed by atoms with Gasteiger partial charge in [-0.3, -0.25) is 0 Å². The fourth-order valence-electron chi connectivity index (χ4n) is 1.20. The van der Waals surface area contributed by atoms with Crippen LogP contribution in [0.3, 0.4) is 0 Å². The maximum atomic E-state index is 11.6. The Morgan fingerprint density at radius 2 is 1.67 bits per heavy atom. The van der Waals surface area contributed by atoms with E-state index in [1.165, 1.54) is 0 Å². The van der Waals surface area contributed by atoms with E-state index < -0.39 is 17.9 Å². The Bertz CT molecular complexity index is 355. The second kappa shape index (κ2) is 2.57. The number of hydrogen-bond donors (Lipinski definition) is 0. The van der Waals surface area contributed by atoms with Crippen LogP contribution in [-0.2, 0) is 9.84 Å². The summed E-state index contributed by atoms with van der Waals surface area (Å²) in [4.78, 5) is 0.486. The molecular weight excluding hydrogens is 188 g/mol. The zero-order valence-corrected chi connectivity index (χ0v) is 9.70. The molecule has 4 heteroatoms. The van der Waals surface area contributed by atoms with E-state index in [0.717, 1.165) is 0 Å². The molecule has 0 aliphatic carbocycles. The van der Waals surface area contributed by atoms with Gasteiger partial charge in [0.05, 0.1) is 8.07 Å². The van der Waals surface area contributed by atoms with Gasteiger partial charge < -0.3 is 0 Å². The first-order chi connectivity index (χ1) is 5.26. The van der Waals surface area contributed by atoms with Gasteiger partial charge in [-0.2, -0.15) is 0 Å². The minimum Gasteiger partial charge on any atom is -0.220 e. The standard InChI is InChI=1S/C8H14O2SSi/c1-7-5-6-8(11(7,9)10)12(2,3)4/h5-6H,1-4H3.